The number of carbonyl (C=O) groups is 2. The quantitative estimate of drug-likeness (QED) is 0.871. The third-order valence-corrected chi connectivity index (χ3v) is 3.46. The van der Waals surface area contributed by atoms with Gasteiger partial charge in [0.1, 0.15) is 11.9 Å². The molecule has 0 unspecified atom stereocenters. The summed E-state index contributed by atoms with van der Waals surface area (Å²) in [5.41, 5.74) is 0. The molecule has 0 aliphatic carbocycles. The van der Waals surface area contributed by atoms with Crippen molar-refractivity contribution in [3.63, 3.8) is 0 Å². The van der Waals surface area contributed by atoms with Gasteiger partial charge in [0.05, 0.1) is 6.54 Å². The average molecular weight is 328 g/mol. The second-order valence-corrected chi connectivity index (χ2v) is 5.29. The normalized spacial score (nSPS) is 19.3. The smallest absolute Gasteiger partial charge is 0.320 e. The highest BCUT2D eigenvalue weighted by molar-refractivity contribution is 9.10. The van der Waals surface area contributed by atoms with E-state index in [1.54, 1.807) is 23.2 Å². The van der Waals surface area contributed by atoms with Crippen LogP contribution in [0.4, 0.5) is 5.82 Å². The van der Waals surface area contributed by atoms with Crippen molar-refractivity contribution in [1.82, 2.24) is 9.88 Å². The van der Waals surface area contributed by atoms with Crippen LogP contribution in [0.15, 0.2) is 22.8 Å². The minimum absolute atomic E-state index is 0.0781. The Balaban J connectivity index is 1.90. The van der Waals surface area contributed by atoms with Crippen LogP contribution in [0.5, 0.6) is 0 Å². The fraction of sp³-hybridized carbons (Fsp3) is 0.417. The molecule has 2 rings (SSSR count). The van der Waals surface area contributed by atoms with Gasteiger partial charge in [-0.2, -0.15) is 0 Å². The molecule has 1 atom stereocenters. The van der Waals surface area contributed by atoms with E-state index >= 15 is 0 Å². The summed E-state index contributed by atoms with van der Waals surface area (Å²) in [7, 11) is 0. The zero-order chi connectivity index (χ0) is 13.8. The van der Waals surface area contributed by atoms with Gasteiger partial charge in [-0.05, 0) is 47.4 Å². The van der Waals surface area contributed by atoms with Gasteiger partial charge in [-0.1, -0.05) is 0 Å². The van der Waals surface area contributed by atoms with E-state index in [-0.39, 0.29) is 12.5 Å². The molecule has 0 radical (unpaired) electrons. The maximum atomic E-state index is 11.8. The van der Waals surface area contributed by atoms with Gasteiger partial charge < -0.3 is 10.4 Å². The van der Waals surface area contributed by atoms with Crippen molar-refractivity contribution in [2.24, 2.45) is 0 Å². The number of pyridine rings is 1. The first kappa shape index (κ1) is 14.0. The predicted molar refractivity (Wildman–Crippen MR) is 72.8 cm³/mol. The summed E-state index contributed by atoms with van der Waals surface area (Å²) < 4.78 is 0.830. The predicted octanol–water partition coefficient (Wildman–Crippen LogP) is 1.33. The maximum Gasteiger partial charge on any atom is 0.320 e. The fourth-order valence-electron chi connectivity index (χ4n) is 2.11. The summed E-state index contributed by atoms with van der Waals surface area (Å²) in [6.07, 6.45) is 2.99. The number of rotatable bonds is 4. The molecule has 0 aromatic carbocycles. The van der Waals surface area contributed by atoms with E-state index in [0.717, 1.165) is 10.9 Å². The van der Waals surface area contributed by atoms with Crippen molar-refractivity contribution in [3.05, 3.63) is 22.8 Å². The number of amides is 1. The molecule has 1 aromatic heterocycles. The molecule has 0 bridgehead atoms. The summed E-state index contributed by atoms with van der Waals surface area (Å²) in [5, 5.41) is 11.7. The summed E-state index contributed by atoms with van der Waals surface area (Å²) in [5.74, 6) is -0.658. The monoisotopic (exact) mass is 327 g/mol. The molecule has 1 saturated heterocycles. The second kappa shape index (κ2) is 6.12. The lowest BCUT2D eigenvalue weighted by Gasteiger charge is -2.19. The van der Waals surface area contributed by atoms with Crippen molar-refractivity contribution in [2.45, 2.75) is 18.9 Å². The molecule has 6 nitrogen and oxygen atoms in total. The SMILES string of the molecule is O=C(CN1CCC[C@@H]1C(=O)O)Nc1ccc(Br)cn1. The lowest BCUT2D eigenvalue weighted by Crippen LogP contribution is -2.41. The van der Waals surface area contributed by atoms with Gasteiger partial charge in [-0.3, -0.25) is 14.5 Å². The highest BCUT2D eigenvalue weighted by Gasteiger charge is 2.31. The van der Waals surface area contributed by atoms with E-state index in [2.05, 4.69) is 26.2 Å². The Hall–Kier alpha value is -1.47. The number of carboxylic acid groups (broad SMARTS) is 1. The molecule has 1 aliphatic heterocycles. The third kappa shape index (κ3) is 3.74. The minimum atomic E-state index is -0.868. The lowest BCUT2D eigenvalue weighted by atomic mass is 10.2. The standard InChI is InChI=1S/C12H14BrN3O3/c13-8-3-4-10(14-6-8)15-11(17)7-16-5-1-2-9(16)12(18)19/h3-4,6,9H,1-2,5,7H2,(H,18,19)(H,14,15,17)/t9-/m1/s1. The lowest BCUT2D eigenvalue weighted by molar-refractivity contribution is -0.142. The van der Waals surface area contributed by atoms with Crippen LogP contribution in [0, 0.1) is 0 Å². The van der Waals surface area contributed by atoms with Crippen LogP contribution in [0.1, 0.15) is 12.8 Å². The highest BCUT2D eigenvalue weighted by Crippen LogP contribution is 2.17. The number of hydrogen-bond donors (Lipinski definition) is 2. The minimum Gasteiger partial charge on any atom is -0.480 e. The third-order valence-electron chi connectivity index (χ3n) is 2.99. The summed E-state index contributed by atoms with van der Waals surface area (Å²) in [4.78, 5) is 28.5. The van der Waals surface area contributed by atoms with Crippen molar-refractivity contribution in [2.75, 3.05) is 18.4 Å². The first-order valence-electron chi connectivity index (χ1n) is 5.94. The Labute approximate surface area is 118 Å². The van der Waals surface area contributed by atoms with Crippen molar-refractivity contribution in [1.29, 1.82) is 0 Å². The van der Waals surface area contributed by atoms with E-state index in [1.807, 2.05) is 0 Å². The summed E-state index contributed by atoms with van der Waals surface area (Å²) in [6.45, 7) is 0.715. The number of hydrogen-bond acceptors (Lipinski definition) is 4. The first-order valence-corrected chi connectivity index (χ1v) is 6.74. The zero-order valence-electron chi connectivity index (χ0n) is 10.2. The van der Waals surface area contributed by atoms with Crippen LogP contribution in [-0.4, -0.2) is 46.0 Å². The largest absolute Gasteiger partial charge is 0.480 e. The molecule has 1 amide bonds. The molecule has 2 N–H and O–H groups in total. The van der Waals surface area contributed by atoms with Gasteiger partial charge in [-0.25, -0.2) is 4.98 Å². The van der Waals surface area contributed by atoms with Crippen molar-refractivity contribution >= 4 is 33.6 Å². The summed E-state index contributed by atoms with van der Waals surface area (Å²) >= 11 is 3.26. The topological polar surface area (TPSA) is 82.5 Å². The van der Waals surface area contributed by atoms with Gasteiger partial charge in [0.2, 0.25) is 5.91 Å². The van der Waals surface area contributed by atoms with Crippen molar-refractivity contribution in [3.8, 4) is 0 Å². The summed E-state index contributed by atoms with van der Waals surface area (Å²) in [6, 6.07) is 2.91. The number of nitrogens with zero attached hydrogens (tertiary/aromatic N) is 2. The number of aliphatic carboxylic acids is 1. The van der Waals surface area contributed by atoms with Crippen LogP contribution in [-0.2, 0) is 9.59 Å². The molecular weight excluding hydrogens is 314 g/mol. The Morgan fingerprint density at radius 1 is 1.53 bits per heavy atom. The fourth-order valence-corrected chi connectivity index (χ4v) is 2.35. The van der Waals surface area contributed by atoms with Gasteiger partial charge in [-0.15, -0.1) is 0 Å². The Kier molecular flexibility index (Phi) is 4.49. The maximum absolute atomic E-state index is 11.8. The molecular formula is C12H14BrN3O3. The van der Waals surface area contributed by atoms with E-state index in [0.29, 0.717) is 18.8 Å². The molecule has 1 aromatic rings. The zero-order valence-corrected chi connectivity index (χ0v) is 11.8. The molecule has 102 valence electrons. The van der Waals surface area contributed by atoms with E-state index < -0.39 is 12.0 Å². The number of nitrogens with one attached hydrogen (secondary N) is 1. The van der Waals surface area contributed by atoms with E-state index in [4.69, 9.17) is 5.11 Å². The van der Waals surface area contributed by atoms with Crippen LogP contribution < -0.4 is 5.32 Å². The van der Waals surface area contributed by atoms with Crippen LogP contribution in [0.2, 0.25) is 0 Å². The molecule has 1 fully saturated rings. The molecule has 7 heteroatoms. The Morgan fingerprint density at radius 3 is 2.95 bits per heavy atom. The van der Waals surface area contributed by atoms with Gasteiger partial charge in [0.25, 0.3) is 0 Å². The molecule has 0 spiro atoms. The average Bonchev–Trinajstić information content (AvgIpc) is 2.80. The highest BCUT2D eigenvalue weighted by atomic mass is 79.9. The van der Waals surface area contributed by atoms with Crippen LogP contribution in [0.25, 0.3) is 0 Å². The van der Waals surface area contributed by atoms with E-state index in [9.17, 15) is 9.59 Å². The number of likely N-dealkylation sites (tertiary alicyclic amines) is 1. The van der Waals surface area contributed by atoms with Gasteiger partial charge in [0, 0.05) is 10.7 Å². The number of carbonyl (C=O) groups excluding carboxylic acids is 1. The second-order valence-electron chi connectivity index (χ2n) is 4.38. The number of halogens is 1. The van der Waals surface area contributed by atoms with Gasteiger partial charge >= 0.3 is 5.97 Å². The van der Waals surface area contributed by atoms with Crippen LogP contribution >= 0.6 is 15.9 Å². The Bertz CT molecular complexity index is 478. The molecule has 2 heterocycles. The molecule has 0 saturated carbocycles. The molecule has 19 heavy (non-hydrogen) atoms. The number of carboxylic acids is 1. The van der Waals surface area contributed by atoms with Crippen LogP contribution in [0.3, 0.4) is 0 Å². The number of anilines is 1. The molecule has 1 aliphatic rings. The first-order chi connectivity index (χ1) is 9.06. The van der Waals surface area contributed by atoms with Gasteiger partial charge in [0.15, 0.2) is 0 Å². The van der Waals surface area contributed by atoms with E-state index in [1.165, 1.54) is 0 Å². The number of aromatic nitrogens is 1. The Morgan fingerprint density at radius 2 is 2.32 bits per heavy atom. The van der Waals surface area contributed by atoms with Crippen molar-refractivity contribution < 1.29 is 14.7 Å².